The molecule has 1 heterocycles. The molecule has 0 saturated carbocycles. The van der Waals surface area contributed by atoms with Crippen LogP contribution >= 0.6 is 11.3 Å². The van der Waals surface area contributed by atoms with E-state index in [1.165, 1.54) is 0 Å². The van der Waals surface area contributed by atoms with Gasteiger partial charge in [-0.25, -0.2) is 9.78 Å². The maximum absolute atomic E-state index is 11.3. The molecule has 2 amide bonds. The lowest BCUT2D eigenvalue weighted by Gasteiger charge is -2.11. The SMILES string of the molecule is Cc1nc(CNC(=O)NC(C)CO)c(C)s1. The van der Waals surface area contributed by atoms with Gasteiger partial charge >= 0.3 is 6.03 Å². The summed E-state index contributed by atoms with van der Waals surface area (Å²) in [5, 5.41) is 15.1. The molecule has 0 radical (unpaired) electrons. The van der Waals surface area contributed by atoms with Crippen molar-refractivity contribution in [1.29, 1.82) is 0 Å². The van der Waals surface area contributed by atoms with Crippen molar-refractivity contribution in [2.75, 3.05) is 6.61 Å². The molecule has 6 heteroatoms. The standard InChI is InChI=1S/C10H17N3O2S/c1-6(5-14)12-10(15)11-4-9-7(2)16-8(3)13-9/h6,14H,4-5H2,1-3H3,(H2,11,12,15). The molecule has 16 heavy (non-hydrogen) atoms. The minimum absolute atomic E-state index is 0.0672. The van der Waals surface area contributed by atoms with Crippen molar-refractivity contribution >= 4 is 17.4 Å². The van der Waals surface area contributed by atoms with Crippen LogP contribution in [0.1, 0.15) is 22.5 Å². The van der Waals surface area contributed by atoms with Crippen LogP contribution in [0, 0.1) is 13.8 Å². The zero-order valence-corrected chi connectivity index (χ0v) is 10.5. The second-order valence-corrected chi connectivity index (χ2v) is 5.05. The molecule has 0 aromatic carbocycles. The molecule has 0 aliphatic carbocycles. The highest BCUT2D eigenvalue weighted by atomic mass is 32.1. The van der Waals surface area contributed by atoms with E-state index in [0.717, 1.165) is 15.6 Å². The Hall–Kier alpha value is -1.14. The number of amides is 2. The van der Waals surface area contributed by atoms with Crippen LogP contribution in [0.15, 0.2) is 0 Å². The summed E-state index contributed by atoms with van der Waals surface area (Å²) < 4.78 is 0. The van der Waals surface area contributed by atoms with Crippen LogP contribution in [0.2, 0.25) is 0 Å². The number of aromatic nitrogens is 1. The van der Waals surface area contributed by atoms with Gasteiger partial charge in [-0.2, -0.15) is 0 Å². The monoisotopic (exact) mass is 243 g/mol. The highest BCUT2D eigenvalue weighted by Gasteiger charge is 2.08. The number of aliphatic hydroxyl groups excluding tert-OH is 1. The summed E-state index contributed by atoms with van der Waals surface area (Å²) in [5.41, 5.74) is 0.898. The predicted molar refractivity (Wildman–Crippen MR) is 63.5 cm³/mol. The van der Waals surface area contributed by atoms with Gasteiger partial charge in [0.1, 0.15) is 0 Å². The normalized spacial score (nSPS) is 12.2. The molecule has 0 fully saturated rings. The molecule has 1 atom stereocenters. The fourth-order valence-corrected chi connectivity index (χ4v) is 2.06. The van der Waals surface area contributed by atoms with E-state index in [1.54, 1.807) is 18.3 Å². The summed E-state index contributed by atoms with van der Waals surface area (Å²) in [4.78, 5) is 16.8. The van der Waals surface area contributed by atoms with Crippen LogP contribution < -0.4 is 10.6 Å². The summed E-state index contributed by atoms with van der Waals surface area (Å²) in [5.74, 6) is 0. The topological polar surface area (TPSA) is 74.2 Å². The van der Waals surface area contributed by atoms with E-state index < -0.39 is 0 Å². The van der Waals surface area contributed by atoms with Gasteiger partial charge in [0.05, 0.1) is 29.9 Å². The third kappa shape index (κ3) is 3.79. The number of carbonyl (C=O) groups excluding carboxylic acids is 1. The highest BCUT2D eigenvalue weighted by molar-refractivity contribution is 7.11. The fourth-order valence-electron chi connectivity index (χ4n) is 1.22. The maximum Gasteiger partial charge on any atom is 0.315 e. The number of rotatable bonds is 4. The molecule has 90 valence electrons. The van der Waals surface area contributed by atoms with Crippen molar-refractivity contribution in [3.63, 3.8) is 0 Å². The smallest absolute Gasteiger partial charge is 0.315 e. The van der Waals surface area contributed by atoms with Crippen molar-refractivity contribution < 1.29 is 9.90 Å². The van der Waals surface area contributed by atoms with Gasteiger partial charge in [-0.05, 0) is 20.8 Å². The molecule has 0 aliphatic heterocycles. The molecular weight excluding hydrogens is 226 g/mol. The first-order chi connectivity index (χ1) is 7.52. The van der Waals surface area contributed by atoms with E-state index in [4.69, 9.17) is 5.11 Å². The van der Waals surface area contributed by atoms with E-state index in [2.05, 4.69) is 15.6 Å². The second-order valence-electron chi connectivity index (χ2n) is 3.65. The Labute approximate surface area is 98.9 Å². The lowest BCUT2D eigenvalue weighted by atomic mass is 10.3. The molecule has 0 spiro atoms. The minimum atomic E-state index is -0.286. The molecule has 5 nitrogen and oxygen atoms in total. The van der Waals surface area contributed by atoms with Gasteiger partial charge < -0.3 is 15.7 Å². The Bertz CT molecular complexity index is 365. The van der Waals surface area contributed by atoms with Gasteiger partial charge in [0.15, 0.2) is 0 Å². The van der Waals surface area contributed by atoms with Crippen LogP contribution in [-0.2, 0) is 6.54 Å². The summed E-state index contributed by atoms with van der Waals surface area (Å²) in [6.07, 6.45) is 0. The summed E-state index contributed by atoms with van der Waals surface area (Å²) >= 11 is 1.62. The minimum Gasteiger partial charge on any atom is -0.394 e. The zero-order valence-electron chi connectivity index (χ0n) is 9.70. The first kappa shape index (κ1) is 12.9. The van der Waals surface area contributed by atoms with Crippen LogP contribution in [0.5, 0.6) is 0 Å². The molecule has 3 N–H and O–H groups in total. The Morgan fingerprint density at radius 2 is 2.25 bits per heavy atom. The first-order valence-corrected chi connectivity index (χ1v) is 5.92. The first-order valence-electron chi connectivity index (χ1n) is 5.11. The van der Waals surface area contributed by atoms with Crippen molar-refractivity contribution in [3.8, 4) is 0 Å². The number of nitrogens with zero attached hydrogens (tertiary/aromatic N) is 1. The van der Waals surface area contributed by atoms with Gasteiger partial charge in [-0.1, -0.05) is 0 Å². The average Bonchev–Trinajstić information content (AvgIpc) is 2.54. The quantitative estimate of drug-likeness (QED) is 0.737. The third-order valence-electron chi connectivity index (χ3n) is 2.07. The van der Waals surface area contributed by atoms with Crippen molar-refractivity contribution in [1.82, 2.24) is 15.6 Å². The maximum atomic E-state index is 11.3. The number of hydrogen-bond donors (Lipinski definition) is 3. The van der Waals surface area contributed by atoms with E-state index in [0.29, 0.717) is 6.54 Å². The number of carbonyl (C=O) groups is 1. The van der Waals surface area contributed by atoms with Crippen LogP contribution in [0.4, 0.5) is 4.79 Å². The molecule has 0 bridgehead atoms. The van der Waals surface area contributed by atoms with E-state index in [9.17, 15) is 4.79 Å². The van der Waals surface area contributed by atoms with Gasteiger partial charge in [0, 0.05) is 4.88 Å². The summed E-state index contributed by atoms with van der Waals surface area (Å²) in [7, 11) is 0. The Kier molecular flexibility index (Phi) is 4.70. The number of urea groups is 1. The van der Waals surface area contributed by atoms with E-state index in [-0.39, 0.29) is 18.7 Å². The largest absolute Gasteiger partial charge is 0.394 e. The molecule has 1 aromatic rings. The van der Waals surface area contributed by atoms with Crippen LogP contribution in [0.25, 0.3) is 0 Å². The second kappa shape index (κ2) is 5.81. The molecule has 1 unspecified atom stereocenters. The number of aliphatic hydroxyl groups is 1. The summed E-state index contributed by atoms with van der Waals surface area (Å²) in [6.45, 7) is 6.01. The van der Waals surface area contributed by atoms with Crippen LogP contribution in [-0.4, -0.2) is 28.8 Å². The molecule has 1 aromatic heterocycles. The van der Waals surface area contributed by atoms with Gasteiger partial charge in [0.25, 0.3) is 0 Å². The molecule has 0 aliphatic rings. The highest BCUT2D eigenvalue weighted by Crippen LogP contribution is 2.15. The lowest BCUT2D eigenvalue weighted by molar-refractivity contribution is 0.220. The number of hydrogen-bond acceptors (Lipinski definition) is 4. The molecule has 1 rings (SSSR count). The zero-order chi connectivity index (χ0) is 12.1. The number of aryl methyl sites for hydroxylation is 2. The van der Waals surface area contributed by atoms with Gasteiger partial charge in [-0.15, -0.1) is 11.3 Å². The van der Waals surface area contributed by atoms with E-state index in [1.807, 2.05) is 13.8 Å². The van der Waals surface area contributed by atoms with Gasteiger partial charge in [-0.3, -0.25) is 0 Å². The lowest BCUT2D eigenvalue weighted by Crippen LogP contribution is -2.42. The fraction of sp³-hybridized carbons (Fsp3) is 0.600. The Morgan fingerprint density at radius 1 is 1.56 bits per heavy atom. The Morgan fingerprint density at radius 3 is 2.75 bits per heavy atom. The summed E-state index contributed by atoms with van der Waals surface area (Å²) in [6, 6.07) is -0.523. The van der Waals surface area contributed by atoms with Gasteiger partial charge in [0.2, 0.25) is 0 Å². The third-order valence-corrected chi connectivity index (χ3v) is 3.00. The number of thiazole rings is 1. The van der Waals surface area contributed by atoms with Crippen LogP contribution in [0.3, 0.4) is 0 Å². The van der Waals surface area contributed by atoms with Crippen molar-refractivity contribution in [3.05, 3.63) is 15.6 Å². The molecular formula is C10H17N3O2S. The Balaban J connectivity index is 2.40. The molecule has 0 saturated heterocycles. The van der Waals surface area contributed by atoms with Crippen molar-refractivity contribution in [2.24, 2.45) is 0 Å². The van der Waals surface area contributed by atoms with Crippen molar-refractivity contribution in [2.45, 2.75) is 33.4 Å². The predicted octanol–water partition coefficient (Wildman–Crippen LogP) is 0.940. The number of nitrogens with one attached hydrogen (secondary N) is 2. The average molecular weight is 243 g/mol. The van der Waals surface area contributed by atoms with E-state index >= 15 is 0 Å².